The first kappa shape index (κ1) is 13.4. The fourth-order valence-electron chi connectivity index (χ4n) is 1.20. The molecule has 1 aromatic heterocycles. The van der Waals surface area contributed by atoms with Gasteiger partial charge in [-0.15, -0.1) is 0 Å². The van der Waals surface area contributed by atoms with Crippen LogP contribution < -0.4 is 5.56 Å². The predicted octanol–water partition coefficient (Wildman–Crippen LogP) is 2.13. The van der Waals surface area contributed by atoms with Crippen molar-refractivity contribution >= 4 is 15.9 Å². The standard InChI is InChI=1S/C11H17BrN2O2/c1-8-9(12)10(15)14(7-13-8)6-5-11(2,3)16-4/h7H,5-6H2,1-4H3. The highest BCUT2D eigenvalue weighted by Gasteiger charge is 2.16. The van der Waals surface area contributed by atoms with Gasteiger partial charge in [0.15, 0.2) is 0 Å². The van der Waals surface area contributed by atoms with Gasteiger partial charge in [0.05, 0.1) is 17.6 Å². The molecule has 16 heavy (non-hydrogen) atoms. The first-order valence-corrected chi connectivity index (χ1v) is 5.93. The summed E-state index contributed by atoms with van der Waals surface area (Å²) in [6, 6.07) is 0. The second kappa shape index (κ2) is 5.10. The summed E-state index contributed by atoms with van der Waals surface area (Å²) in [5.41, 5.74) is 0.447. The molecule has 4 nitrogen and oxygen atoms in total. The molecular weight excluding hydrogens is 272 g/mol. The minimum Gasteiger partial charge on any atom is -0.379 e. The quantitative estimate of drug-likeness (QED) is 0.853. The Hall–Kier alpha value is -0.680. The van der Waals surface area contributed by atoms with Crippen LogP contribution in [0.1, 0.15) is 26.0 Å². The lowest BCUT2D eigenvalue weighted by molar-refractivity contribution is 0.0118. The first-order chi connectivity index (χ1) is 7.37. The molecule has 90 valence electrons. The highest BCUT2D eigenvalue weighted by Crippen LogP contribution is 2.14. The van der Waals surface area contributed by atoms with Crippen LogP contribution in [0.25, 0.3) is 0 Å². The number of hydrogen-bond donors (Lipinski definition) is 0. The molecule has 0 amide bonds. The minimum atomic E-state index is -0.225. The number of aryl methyl sites for hydroxylation is 2. The topological polar surface area (TPSA) is 44.1 Å². The van der Waals surface area contributed by atoms with Crippen LogP contribution in [0.5, 0.6) is 0 Å². The van der Waals surface area contributed by atoms with E-state index in [1.807, 2.05) is 13.8 Å². The number of aromatic nitrogens is 2. The summed E-state index contributed by atoms with van der Waals surface area (Å²) in [5.74, 6) is 0. The van der Waals surface area contributed by atoms with Gasteiger partial charge in [0.25, 0.3) is 5.56 Å². The fraction of sp³-hybridized carbons (Fsp3) is 0.636. The smallest absolute Gasteiger partial charge is 0.267 e. The van der Waals surface area contributed by atoms with E-state index in [2.05, 4.69) is 20.9 Å². The summed E-state index contributed by atoms with van der Waals surface area (Å²) in [5, 5.41) is 0. The van der Waals surface area contributed by atoms with Gasteiger partial charge in [-0.3, -0.25) is 9.36 Å². The molecule has 0 saturated heterocycles. The molecule has 0 aromatic carbocycles. The van der Waals surface area contributed by atoms with Crippen LogP contribution in [0.3, 0.4) is 0 Å². The van der Waals surface area contributed by atoms with Crippen molar-refractivity contribution < 1.29 is 4.74 Å². The van der Waals surface area contributed by atoms with Gasteiger partial charge in [0, 0.05) is 13.7 Å². The molecule has 1 heterocycles. The molecule has 5 heteroatoms. The second-order valence-corrected chi connectivity index (χ2v) is 5.15. The average Bonchev–Trinajstić information content (AvgIpc) is 2.25. The van der Waals surface area contributed by atoms with Crippen molar-refractivity contribution in [3.63, 3.8) is 0 Å². The lowest BCUT2D eigenvalue weighted by Gasteiger charge is -2.23. The molecule has 0 radical (unpaired) electrons. The molecule has 0 unspecified atom stereocenters. The largest absolute Gasteiger partial charge is 0.379 e. The third kappa shape index (κ3) is 3.15. The molecule has 0 spiro atoms. The van der Waals surface area contributed by atoms with E-state index in [9.17, 15) is 4.79 Å². The third-order valence-corrected chi connectivity index (χ3v) is 3.58. The SMILES string of the molecule is COC(C)(C)CCn1cnc(C)c(Br)c1=O. The van der Waals surface area contributed by atoms with Gasteiger partial charge in [-0.25, -0.2) is 4.98 Å². The third-order valence-electron chi connectivity index (χ3n) is 2.66. The summed E-state index contributed by atoms with van der Waals surface area (Å²) < 4.78 is 7.43. The summed E-state index contributed by atoms with van der Waals surface area (Å²) in [7, 11) is 1.67. The molecule has 0 aliphatic carbocycles. The zero-order valence-corrected chi connectivity index (χ0v) is 11.7. The Balaban J connectivity index is 2.84. The van der Waals surface area contributed by atoms with E-state index in [0.29, 0.717) is 16.7 Å². The van der Waals surface area contributed by atoms with Crippen LogP contribution in [-0.4, -0.2) is 22.3 Å². The summed E-state index contributed by atoms with van der Waals surface area (Å²) in [6.07, 6.45) is 2.34. The van der Waals surface area contributed by atoms with E-state index >= 15 is 0 Å². The predicted molar refractivity (Wildman–Crippen MR) is 66.6 cm³/mol. The molecule has 0 bridgehead atoms. The van der Waals surface area contributed by atoms with Gasteiger partial charge < -0.3 is 4.74 Å². The van der Waals surface area contributed by atoms with Gasteiger partial charge in [0.2, 0.25) is 0 Å². The van der Waals surface area contributed by atoms with Crippen LogP contribution in [0.2, 0.25) is 0 Å². The average molecular weight is 289 g/mol. The van der Waals surface area contributed by atoms with E-state index in [4.69, 9.17) is 4.74 Å². The van der Waals surface area contributed by atoms with Crippen molar-refractivity contribution in [2.75, 3.05) is 7.11 Å². The maximum atomic E-state index is 11.8. The van der Waals surface area contributed by atoms with Crippen LogP contribution in [0, 0.1) is 6.92 Å². The Morgan fingerprint density at radius 1 is 1.56 bits per heavy atom. The summed E-state index contributed by atoms with van der Waals surface area (Å²) in [6.45, 7) is 6.39. The Morgan fingerprint density at radius 2 is 2.19 bits per heavy atom. The minimum absolute atomic E-state index is 0.0422. The van der Waals surface area contributed by atoms with Crippen LogP contribution in [0.15, 0.2) is 15.6 Å². The van der Waals surface area contributed by atoms with Gasteiger partial charge in [-0.05, 0) is 43.1 Å². The van der Waals surface area contributed by atoms with Crippen molar-refractivity contribution in [3.05, 3.63) is 26.8 Å². The highest BCUT2D eigenvalue weighted by molar-refractivity contribution is 9.10. The Morgan fingerprint density at radius 3 is 2.75 bits per heavy atom. The molecule has 0 saturated carbocycles. The van der Waals surface area contributed by atoms with Crippen LogP contribution in [-0.2, 0) is 11.3 Å². The molecule has 1 aromatic rings. The van der Waals surface area contributed by atoms with Crippen LogP contribution >= 0.6 is 15.9 Å². The lowest BCUT2D eigenvalue weighted by Crippen LogP contribution is -2.29. The Kier molecular flexibility index (Phi) is 4.27. The monoisotopic (exact) mass is 288 g/mol. The molecule has 0 aliphatic heterocycles. The number of hydrogen-bond acceptors (Lipinski definition) is 3. The van der Waals surface area contributed by atoms with E-state index in [0.717, 1.165) is 6.42 Å². The van der Waals surface area contributed by atoms with Gasteiger partial charge in [-0.1, -0.05) is 0 Å². The number of halogens is 1. The maximum Gasteiger partial charge on any atom is 0.267 e. The fourth-order valence-corrected chi connectivity index (χ4v) is 1.53. The Bertz CT molecular complexity index is 426. The van der Waals surface area contributed by atoms with Crippen molar-refractivity contribution in [3.8, 4) is 0 Å². The molecule has 0 aliphatic rings. The van der Waals surface area contributed by atoms with E-state index in [1.54, 1.807) is 24.9 Å². The number of methoxy groups -OCH3 is 1. The van der Waals surface area contributed by atoms with Crippen molar-refractivity contribution in [1.29, 1.82) is 0 Å². The van der Waals surface area contributed by atoms with E-state index in [-0.39, 0.29) is 11.2 Å². The summed E-state index contributed by atoms with van der Waals surface area (Å²) in [4.78, 5) is 16.0. The molecule has 0 atom stereocenters. The first-order valence-electron chi connectivity index (χ1n) is 5.14. The van der Waals surface area contributed by atoms with Crippen molar-refractivity contribution in [2.45, 2.75) is 39.3 Å². The lowest BCUT2D eigenvalue weighted by atomic mass is 10.1. The van der Waals surface area contributed by atoms with Gasteiger partial charge in [0.1, 0.15) is 4.47 Å². The zero-order chi connectivity index (χ0) is 12.3. The Labute approximate surface area is 104 Å². The molecule has 0 fully saturated rings. The van der Waals surface area contributed by atoms with Crippen molar-refractivity contribution in [1.82, 2.24) is 9.55 Å². The maximum absolute atomic E-state index is 11.8. The normalized spacial score (nSPS) is 11.8. The molecule has 1 rings (SSSR count). The number of nitrogens with zero attached hydrogens (tertiary/aromatic N) is 2. The number of ether oxygens (including phenoxy) is 1. The molecular formula is C11H17BrN2O2. The summed E-state index contributed by atoms with van der Waals surface area (Å²) >= 11 is 3.24. The van der Waals surface area contributed by atoms with E-state index in [1.165, 1.54) is 0 Å². The second-order valence-electron chi connectivity index (χ2n) is 4.36. The van der Waals surface area contributed by atoms with Crippen LogP contribution in [0.4, 0.5) is 0 Å². The van der Waals surface area contributed by atoms with Gasteiger partial charge >= 0.3 is 0 Å². The molecule has 0 N–H and O–H groups in total. The van der Waals surface area contributed by atoms with Crippen molar-refractivity contribution in [2.24, 2.45) is 0 Å². The zero-order valence-electron chi connectivity index (χ0n) is 10.1. The highest BCUT2D eigenvalue weighted by atomic mass is 79.9. The van der Waals surface area contributed by atoms with Gasteiger partial charge in [-0.2, -0.15) is 0 Å². The van der Waals surface area contributed by atoms with E-state index < -0.39 is 0 Å². The number of rotatable bonds is 4.